The highest BCUT2D eigenvalue weighted by Crippen LogP contribution is 2.45. The van der Waals surface area contributed by atoms with Gasteiger partial charge in [0, 0.05) is 12.6 Å². The molecule has 1 saturated carbocycles. The Hall–Kier alpha value is -1.03. The highest BCUT2D eigenvalue weighted by molar-refractivity contribution is 6.29. The summed E-state index contributed by atoms with van der Waals surface area (Å²) in [7, 11) is 0. The van der Waals surface area contributed by atoms with Gasteiger partial charge < -0.3 is 0 Å². The minimum absolute atomic E-state index is 0.0946. The van der Waals surface area contributed by atoms with E-state index in [0.29, 0.717) is 6.54 Å². The minimum atomic E-state index is -0.421. The van der Waals surface area contributed by atoms with Crippen molar-refractivity contribution in [2.75, 3.05) is 0 Å². The summed E-state index contributed by atoms with van der Waals surface area (Å²) < 4.78 is 1.21. The van der Waals surface area contributed by atoms with Crippen LogP contribution in [0.4, 0.5) is 0 Å². The largest absolute Gasteiger partial charge is 0.329 e. The molecule has 1 aromatic rings. The number of rotatable bonds is 2. The fourth-order valence-electron chi connectivity index (χ4n) is 1.40. The number of hydrogen-bond donors (Lipinski definition) is 1. The third-order valence-electron chi connectivity index (χ3n) is 2.63. The Labute approximate surface area is 85.5 Å². The average Bonchev–Trinajstić information content (AvgIpc) is 2.77. The van der Waals surface area contributed by atoms with Crippen LogP contribution >= 0.6 is 11.6 Å². The van der Waals surface area contributed by atoms with Crippen LogP contribution in [-0.4, -0.2) is 9.55 Å². The molecular formula is C9H11ClN2O2. The second-order valence-electron chi connectivity index (χ2n) is 4.16. The van der Waals surface area contributed by atoms with E-state index in [9.17, 15) is 9.59 Å². The Balaban J connectivity index is 2.43. The van der Waals surface area contributed by atoms with Crippen molar-refractivity contribution in [2.24, 2.45) is 5.41 Å². The predicted molar refractivity (Wildman–Crippen MR) is 53.7 cm³/mol. The van der Waals surface area contributed by atoms with E-state index in [1.54, 1.807) is 0 Å². The first-order chi connectivity index (χ1) is 6.50. The van der Waals surface area contributed by atoms with Crippen LogP contribution in [0.15, 0.2) is 15.7 Å². The number of aromatic amines is 1. The summed E-state index contributed by atoms with van der Waals surface area (Å²) in [5.74, 6) is 0. The van der Waals surface area contributed by atoms with Crippen LogP contribution in [-0.2, 0) is 6.54 Å². The quantitative estimate of drug-likeness (QED) is 0.747. The Kier molecular flexibility index (Phi) is 2.03. The molecule has 4 nitrogen and oxygen atoms in total. The summed E-state index contributed by atoms with van der Waals surface area (Å²) in [4.78, 5) is 25.2. The third kappa shape index (κ3) is 1.75. The first-order valence-electron chi connectivity index (χ1n) is 4.50. The molecule has 14 heavy (non-hydrogen) atoms. The lowest BCUT2D eigenvalue weighted by atomic mass is 10.1. The molecule has 1 aliphatic carbocycles. The molecule has 0 aromatic carbocycles. The van der Waals surface area contributed by atoms with Gasteiger partial charge in [-0.2, -0.15) is 0 Å². The van der Waals surface area contributed by atoms with Gasteiger partial charge in [-0.15, -0.1) is 0 Å². The summed E-state index contributed by atoms with van der Waals surface area (Å²) in [6, 6.07) is 1.23. The zero-order valence-electron chi connectivity index (χ0n) is 7.84. The third-order valence-corrected chi connectivity index (χ3v) is 2.83. The summed E-state index contributed by atoms with van der Waals surface area (Å²) in [5, 5.41) is 0.0946. The van der Waals surface area contributed by atoms with Crippen molar-refractivity contribution in [2.45, 2.75) is 26.3 Å². The topological polar surface area (TPSA) is 54.9 Å². The second kappa shape index (κ2) is 2.98. The first-order valence-corrected chi connectivity index (χ1v) is 4.88. The van der Waals surface area contributed by atoms with Crippen LogP contribution in [0.5, 0.6) is 0 Å². The Morgan fingerprint density at radius 1 is 1.57 bits per heavy atom. The van der Waals surface area contributed by atoms with Crippen molar-refractivity contribution in [3.05, 3.63) is 32.1 Å². The van der Waals surface area contributed by atoms with Crippen LogP contribution in [0.3, 0.4) is 0 Å². The molecule has 5 heteroatoms. The van der Waals surface area contributed by atoms with Crippen molar-refractivity contribution < 1.29 is 0 Å². The number of nitrogens with zero attached hydrogens (tertiary/aromatic N) is 1. The maximum absolute atomic E-state index is 11.4. The molecule has 1 aliphatic rings. The summed E-state index contributed by atoms with van der Waals surface area (Å²) >= 11 is 5.54. The SMILES string of the molecule is CC1(Cn2c(=O)cc(Cl)[nH]c2=O)CC1. The molecule has 0 radical (unpaired) electrons. The lowest BCUT2D eigenvalue weighted by Crippen LogP contribution is -2.36. The number of halogens is 1. The summed E-state index contributed by atoms with van der Waals surface area (Å²) in [5.41, 5.74) is -0.618. The van der Waals surface area contributed by atoms with E-state index >= 15 is 0 Å². The van der Waals surface area contributed by atoms with Gasteiger partial charge in [-0.3, -0.25) is 14.3 Å². The number of hydrogen-bond acceptors (Lipinski definition) is 2. The van der Waals surface area contributed by atoms with Gasteiger partial charge in [-0.1, -0.05) is 18.5 Å². The Bertz CT molecular complexity index is 439. The standard InChI is InChI=1S/C9H11ClN2O2/c1-9(2-3-9)5-12-7(13)4-6(10)11-8(12)14/h4H,2-3,5H2,1H3,(H,11,14). The molecule has 0 spiro atoms. The molecule has 0 amide bonds. The van der Waals surface area contributed by atoms with E-state index in [1.165, 1.54) is 10.6 Å². The molecule has 1 aromatic heterocycles. The van der Waals surface area contributed by atoms with Crippen LogP contribution in [0.1, 0.15) is 19.8 Å². The number of H-pyrrole nitrogens is 1. The molecule has 0 aliphatic heterocycles. The van der Waals surface area contributed by atoms with Crippen LogP contribution in [0, 0.1) is 5.41 Å². The molecule has 0 bridgehead atoms. The monoisotopic (exact) mass is 214 g/mol. The molecule has 1 heterocycles. The molecule has 0 unspecified atom stereocenters. The van der Waals surface area contributed by atoms with Crippen molar-refractivity contribution in [1.29, 1.82) is 0 Å². The lowest BCUT2D eigenvalue weighted by Gasteiger charge is -2.09. The Morgan fingerprint density at radius 2 is 2.21 bits per heavy atom. The molecule has 76 valence electrons. The predicted octanol–water partition coefficient (Wildman–Crippen LogP) is 0.990. The van der Waals surface area contributed by atoms with E-state index < -0.39 is 5.69 Å². The van der Waals surface area contributed by atoms with Crippen LogP contribution in [0.2, 0.25) is 5.15 Å². The summed E-state index contributed by atoms with van der Waals surface area (Å²) in [6.07, 6.45) is 2.14. The number of aromatic nitrogens is 2. The van der Waals surface area contributed by atoms with E-state index in [2.05, 4.69) is 11.9 Å². The van der Waals surface area contributed by atoms with E-state index in [0.717, 1.165) is 12.8 Å². The van der Waals surface area contributed by atoms with Gasteiger partial charge >= 0.3 is 5.69 Å². The fraction of sp³-hybridized carbons (Fsp3) is 0.556. The van der Waals surface area contributed by atoms with Crippen molar-refractivity contribution in [3.8, 4) is 0 Å². The number of nitrogens with one attached hydrogen (secondary N) is 1. The second-order valence-corrected chi connectivity index (χ2v) is 4.56. The maximum Gasteiger partial charge on any atom is 0.329 e. The highest BCUT2D eigenvalue weighted by atomic mass is 35.5. The van der Waals surface area contributed by atoms with Gasteiger partial charge in [0.25, 0.3) is 5.56 Å². The molecule has 0 atom stereocenters. The van der Waals surface area contributed by atoms with Crippen molar-refractivity contribution >= 4 is 11.6 Å². The molecule has 1 N–H and O–H groups in total. The van der Waals surface area contributed by atoms with Crippen molar-refractivity contribution in [1.82, 2.24) is 9.55 Å². The van der Waals surface area contributed by atoms with Crippen LogP contribution < -0.4 is 11.2 Å². The molecule has 1 fully saturated rings. The van der Waals surface area contributed by atoms with Gasteiger partial charge in [-0.05, 0) is 18.3 Å². The van der Waals surface area contributed by atoms with Gasteiger partial charge in [0.2, 0.25) is 0 Å². The zero-order chi connectivity index (χ0) is 10.3. The highest BCUT2D eigenvalue weighted by Gasteiger charge is 2.38. The van der Waals surface area contributed by atoms with Crippen molar-refractivity contribution in [3.63, 3.8) is 0 Å². The van der Waals surface area contributed by atoms with Gasteiger partial charge in [0.15, 0.2) is 0 Å². The van der Waals surface area contributed by atoms with E-state index in [4.69, 9.17) is 11.6 Å². The first kappa shape index (κ1) is 9.52. The van der Waals surface area contributed by atoms with Gasteiger partial charge in [0.1, 0.15) is 5.15 Å². The smallest absolute Gasteiger partial charge is 0.298 e. The van der Waals surface area contributed by atoms with Gasteiger partial charge in [-0.25, -0.2) is 4.79 Å². The Morgan fingerprint density at radius 3 is 2.71 bits per heavy atom. The zero-order valence-corrected chi connectivity index (χ0v) is 8.60. The normalized spacial score (nSPS) is 18.1. The van der Waals surface area contributed by atoms with E-state index in [-0.39, 0.29) is 16.1 Å². The average molecular weight is 215 g/mol. The molecule has 2 rings (SSSR count). The fourth-order valence-corrected chi connectivity index (χ4v) is 1.57. The summed E-state index contributed by atoms with van der Waals surface area (Å²) in [6.45, 7) is 2.55. The van der Waals surface area contributed by atoms with E-state index in [1.807, 2.05) is 0 Å². The van der Waals surface area contributed by atoms with Gasteiger partial charge in [0.05, 0.1) is 0 Å². The molecular weight excluding hydrogens is 204 g/mol. The minimum Gasteiger partial charge on any atom is -0.298 e. The lowest BCUT2D eigenvalue weighted by molar-refractivity contribution is 0.440. The van der Waals surface area contributed by atoms with Crippen LogP contribution in [0.25, 0.3) is 0 Å². The molecule has 0 saturated heterocycles. The maximum atomic E-state index is 11.4.